The van der Waals surface area contributed by atoms with Gasteiger partial charge >= 0.3 is 0 Å². The Morgan fingerprint density at radius 3 is 2.38 bits per heavy atom. The zero-order valence-electron chi connectivity index (χ0n) is 15.1. The minimum Gasteiger partial charge on any atom is -0.497 e. The summed E-state index contributed by atoms with van der Waals surface area (Å²) in [6.07, 6.45) is 3.72. The maximum Gasteiger partial charge on any atom is 0.227 e. The van der Waals surface area contributed by atoms with E-state index in [1.807, 2.05) is 59.5 Å². The van der Waals surface area contributed by atoms with Gasteiger partial charge in [-0.15, -0.1) is 12.4 Å². The predicted molar refractivity (Wildman–Crippen MR) is 108 cm³/mol. The molecule has 0 bridgehead atoms. The normalized spacial score (nSPS) is 18.8. The number of ether oxygens (including phenoxy) is 1. The molecule has 1 amide bonds. The number of carbonyl (C=O) groups excluding carboxylic acids is 1. The van der Waals surface area contributed by atoms with E-state index in [4.69, 9.17) is 10.5 Å². The quantitative estimate of drug-likeness (QED) is 0.825. The number of anilines is 1. The number of methoxy groups -OCH3 is 1. The maximum atomic E-state index is 13.0. The number of nitrogens with zero attached hydrogens (tertiary/aromatic N) is 1. The molecule has 2 aromatic rings. The summed E-state index contributed by atoms with van der Waals surface area (Å²) in [6.45, 7) is 0.563. The molecule has 2 N–H and O–H groups in total. The summed E-state index contributed by atoms with van der Waals surface area (Å²) in [7, 11) is 1.64. The van der Waals surface area contributed by atoms with Gasteiger partial charge in [0.2, 0.25) is 5.91 Å². The van der Waals surface area contributed by atoms with Gasteiger partial charge in [0, 0.05) is 18.2 Å². The average molecular weight is 375 g/mol. The van der Waals surface area contributed by atoms with Crippen molar-refractivity contribution >= 4 is 24.0 Å². The number of rotatable bonds is 6. The van der Waals surface area contributed by atoms with Crippen LogP contribution in [0.15, 0.2) is 54.6 Å². The molecule has 2 aromatic carbocycles. The molecule has 1 saturated carbocycles. The summed E-state index contributed by atoms with van der Waals surface area (Å²) in [5, 5.41) is 0. The van der Waals surface area contributed by atoms with Gasteiger partial charge in [-0.2, -0.15) is 0 Å². The Kier molecular flexibility index (Phi) is 7.49. The van der Waals surface area contributed by atoms with E-state index in [0.717, 1.165) is 36.3 Å². The van der Waals surface area contributed by atoms with Crippen LogP contribution < -0.4 is 15.4 Å². The second kappa shape index (κ2) is 9.60. The second-order valence-corrected chi connectivity index (χ2v) is 6.72. The van der Waals surface area contributed by atoms with Crippen molar-refractivity contribution in [1.82, 2.24) is 0 Å². The van der Waals surface area contributed by atoms with Crippen molar-refractivity contribution in [3.8, 4) is 5.75 Å². The Morgan fingerprint density at radius 2 is 1.81 bits per heavy atom. The molecular formula is C21H27ClN2O2. The Morgan fingerprint density at radius 1 is 1.12 bits per heavy atom. The van der Waals surface area contributed by atoms with Crippen molar-refractivity contribution in [2.24, 2.45) is 11.7 Å². The molecule has 0 spiro atoms. The summed E-state index contributed by atoms with van der Waals surface area (Å²) >= 11 is 0. The van der Waals surface area contributed by atoms with E-state index in [2.05, 4.69) is 0 Å². The molecule has 0 saturated heterocycles. The van der Waals surface area contributed by atoms with E-state index in [1.165, 1.54) is 0 Å². The highest BCUT2D eigenvalue weighted by atomic mass is 35.5. The van der Waals surface area contributed by atoms with Gasteiger partial charge in [-0.25, -0.2) is 0 Å². The van der Waals surface area contributed by atoms with E-state index in [-0.39, 0.29) is 24.4 Å². The number of amides is 1. The first-order chi connectivity index (χ1) is 12.2. The molecule has 0 aromatic heterocycles. The summed E-state index contributed by atoms with van der Waals surface area (Å²) < 4.78 is 5.23. The molecule has 0 heterocycles. The maximum absolute atomic E-state index is 13.0. The Labute approximate surface area is 161 Å². The van der Waals surface area contributed by atoms with Gasteiger partial charge in [0.05, 0.1) is 13.7 Å². The van der Waals surface area contributed by atoms with Gasteiger partial charge < -0.3 is 15.4 Å². The van der Waals surface area contributed by atoms with Crippen LogP contribution in [-0.2, 0) is 11.3 Å². The molecule has 26 heavy (non-hydrogen) atoms. The van der Waals surface area contributed by atoms with Crippen LogP contribution in [-0.4, -0.2) is 19.1 Å². The van der Waals surface area contributed by atoms with E-state index in [0.29, 0.717) is 18.9 Å². The first-order valence-corrected chi connectivity index (χ1v) is 8.91. The number of nitrogens with two attached hydrogens (primary N) is 1. The minimum atomic E-state index is 0. The van der Waals surface area contributed by atoms with Crippen LogP contribution in [0.2, 0.25) is 0 Å². The molecule has 0 aliphatic heterocycles. The number of hydrogen-bond donors (Lipinski definition) is 1. The van der Waals surface area contributed by atoms with Crippen molar-refractivity contribution in [3.63, 3.8) is 0 Å². The summed E-state index contributed by atoms with van der Waals surface area (Å²) in [4.78, 5) is 14.9. The largest absolute Gasteiger partial charge is 0.497 e. The number of benzene rings is 2. The van der Waals surface area contributed by atoms with Crippen LogP contribution in [0.5, 0.6) is 5.75 Å². The zero-order valence-corrected chi connectivity index (χ0v) is 16.0. The van der Waals surface area contributed by atoms with Gasteiger partial charge in [-0.1, -0.05) is 36.8 Å². The summed E-state index contributed by atoms with van der Waals surface area (Å²) in [5.41, 5.74) is 8.17. The smallest absolute Gasteiger partial charge is 0.227 e. The van der Waals surface area contributed by atoms with E-state index in [1.54, 1.807) is 7.11 Å². The lowest BCUT2D eigenvalue weighted by Gasteiger charge is -2.26. The number of hydrogen-bond acceptors (Lipinski definition) is 3. The monoisotopic (exact) mass is 374 g/mol. The van der Waals surface area contributed by atoms with Gasteiger partial charge in [-0.3, -0.25) is 4.79 Å². The number of halogens is 1. The van der Waals surface area contributed by atoms with Crippen LogP contribution in [0.1, 0.15) is 31.2 Å². The van der Waals surface area contributed by atoms with E-state index < -0.39 is 0 Å². The first kappa shape index (κ1) is 20.3. The third-order valence-corrected chi connectivity index (χ3v) is 5.02. The fourth-order valence-electron chi connectivity index (χ4n) is 3.51. The van der Waals surface area contributed by atoms with Gasteiger partial charge in [0.1, 0.15) is 5.75 Å². The lowest BCUT2D eigenvalue weighted by molar-refractivity contribution is -0.119. The molecule has 5 heteroatoms. The van der Waals surface area contributed by atoms with Crippen molar-refractivity contribution in [2.75, 3.05) is 12.0 Å². The highest BCUT2D eigenvalue weighted by Crippen LogP contribution is 2.29. The zero-order chi connectivity index (χ0) is 17.6. The molecule has 0 radical (unpaired) electrons. The van der Waals surface area contributed by atoms with Crippen LogP contribution >= 0.6 is 12.4 Å². The van der Waals surface area contributed by atoms with Crippen LogP contribution in [0.3, 0.4) is 0 Å². The van der Waals surface area contributed by atoms with Crippen molar-refractivity contribution in [3.05, 3.63) is 60.2 Å². The number of carbonyl (C=O) groups is 1. The lowest BCUT2D eigenvalue weighted by Crippen LogP contribution is -2.35. The van der Waals surface area contributed by atoms with E-state index >= 15 is 0 Å². The fraction of sp³-hybridized carbons (Fsp3) is 0.381. The van der Waals surface area contributed by atoms with E-state index in [9.17, 15) is 4.79 Å². The summed E-state index contributed by atoms with van der Waals surface area (Å²) in [5.74, 6) is 1.22. The molecule has 3 rings (SSSR count). The molecule has 140 valence electrons. The molecule has 1 fully saturated rings. The Bertz CT molecular complexity index is 691. The third-order valence-electron chi connectivity index (χ3n) is 5.02. The van der Waals surface area contributed by atoms with Gasteiger partial charge in [0.15, 0.2) is 0 Å². The van der Waals surface area contributed by atoms with Gasteiger partial charge in [-0.05, 0) is 48.6 Å². The topological polar surface area (TPSA) is 55.6 Å². The molecule has 0 unspecified atom stereocenters. The van der Waals surface area contributed by atoms with Crippen LogP contribution in [0, 0.1) is 5.92 Å². The minimum absolute atomic E-state index is 0. The first-order valence-electron chi connectivity index (χ1n) is 8.91. The highest BCUT2D eigenvalue weighted by Gasteiger charge is 2.28. The SMILES string of the molecule is COc1ccc(N(Cc2ccccc2)C(=O)C[C@@H]2CCC[C@H]2N)cc1.Cl. The van der Waals surface area contributed by atoms with Crippen molar-refractivity contribution < 1.29 is 9.53 Å². The molecule has 2 atom stereocenters. The average Bonchev–Trinajstić information content (AvgIpc) is 3.05. The Hall–Kier alpha value is -2.04. The highest BCUT2D eigenvalue weighted by molar-refractivity contribution is 5.93. The van der Waals surface area contributed by atoms with Crippen molar-refractivity contribution in [1.29, 1.82) is 0 Å². The van der Waals surface area contributed by atoms with Gasteiger partial charge in [0.25, 0.3) is 0 Å². The summed E-state index contributed by atoms with van der Waals surface area (Å²) in [6, 6.07) is 17.9. The molecule has 4 nitrogen and oxygen atoms in total. The second-order valence-electron chi connectivity index (χ2n) is 6.72. The van der Waals surface area contributed by atoms with Crippen LogP contribution in [0.4, 0.5) is 5.69 Å². The lowest BCUT2D eigenvalue weighted by atomic mass is 9.99. The standard InChI is InChI=1S/C21H26N2O2.ClH/c1-25-19-12-10-18(11-13-19)23(15-16-6-3-2-4-7-16)21(24)14-17-8-5-9-20(17)22;/h2-4,6-7,10-13,17,20H,5,8-9,14-15,22H2,1H3;1H/t17-,20+;/m0./s1. The fourth-order valence-corrected chi connectivity index (χ4v) is 3.51. The molecule has 1 aliphatic carbocycles. The van der Waals surface area contributed by atoms with Crippen molar-refractivity contribution in [2.45, 2.75) is 38.3 Å². The third kappa shape index (κ3) is 4.99. The Balaban J connectivity index is 0.00000243. The van der Waals surface area contributed by atoms with Crippen LogP contribution in [0.25, 0.3) is 0 Å². The molecule has 1 aliphatic rings. The molecular weight excluding hydrogens is 348 g/mol. The predicted octanol–water partition coefficient (Wildman–Crippen LogP) is 4.17.